The summed E-state index contributed by atoms with van der Waals surface area (Å²) in [6.45, 7) is 8.23. The lowest BCUT2D eigenvalue weighted by Crippen LogP contribution is -2.05. The van der Waals surface area contributed by atoms with Crippen LogP contribution in [0.2, 0.25) is 0 Å². The Kier molecular flexibility index (Phi) is 5.60. The summed E-state index contributed by atoms with van der Waals surface area (Å²) in [6, 6.07) is 5.82. The Hall–Kier alpha value is -2.08. The van der Waals surface area contributed by atoms with E-state index in [1.54, 1.807) is 7.11 Å². The van der Waals surface area contributed by atoms with Gasteiger partial charge in [0.25, 0.3) is 0 Å². The Balaban J connectivity index is 2.34. The van der Waals surface area contributed by atoms with Crippen molar-refractivity contribution in [2.24, 2.45) is 5.92 Å². The topological polar surface area (TPSA) is 60.5 Å². The second kappa shape index (κ2) is 7.46. The molecule has 1 N–H and O–H groups in total. The van der Waals surface area contributed by atoms with Crippen molar-refractivity contribution in [2.45, 2.75) is 27.7 Å². The summed E-state index contributed by atoms with van der Waals surface area (Å²) in [5, 5.41) is 3.33. The maximum atomic E-state index is 11.2. The van der Waals surface area contributed by atoms with Crippen LogP contribution in [0.5, 0.6) is 11.5 Å². The fourth-order valence-electron chi connectivity index (χ4n) is 2.06. The fraction of sp³-hybridized carbons (Fsp3) is 0.412. The molecule has 124 valence electrons. The van der Waals surface area contributed by atoms with Crippen LogP contribution in [0.4, 0.5) is 5.13 Å². The summed E-state index contributed by atoms with van der Waals surface area (Å²) < 4.78 is 11.2. The van der Waals surface area contributed by atoms with Gasteiger partial charge in [-0.1, -0.05) is 25.2 Å². The zero-order valence-corrected chi connectivity index (χ0v) is 14.9. The Bertz CT molecular complexity index is 695. The van der Waals surface area contributed by atoms with Crippen LogP contribution >= 0.6 is 11.3 Å². The molecule has 5 nitrogen and oxygen atoms in total. The van der Waals surface area contributed by atoms with Crippen molar-refractivity contribution in [1.82, 2.24) is 4.98 Å². The van der Waals surface area contributed by atoms with Gasteiger partial charge in [-0.05, 0) is 36.6 Å². The minimum atomic E-state index is -0.124. The number of rotatable bonds is 6. The van der Waals surface area contributed by atoms with Crippen LogP contribution < -0.4 is 14.8 Å². The molecule has 0 spiro atoms. The van der Waals surface area contributed by atoms with Crippen LogP contribution in [0.25, 0.3) is 10.4 Å². The van der Waals surface area contributed by atoms with Crippen LogP contribution in [-0.2, 0) is 4.79 Å². The molecule has 23 heavy (non-hydrogen) atoms. The SMILES string of the molecule is COc1ccc(-c2sc(NC(C)=O)nc2C)cc1OCC(C)C. The van der Waals surface area contributed by atoms with Crippen LogP contribution in [0, 0.1) is 12.8 Å². The van der Waals surface area contributed by atoms with Crippen molar-refractivity contribution in [3.8, 4) is 21.9 Å². The average Bonchev–Trinajstić information content (AvgIpc) is 2.84. The molecule has 0 fully saturated rings. The molecular weight excluding hydrogens is 312 g/mol. The summed E-state index contributed by atoms with van der Waals surface area (Å²) in [4.78, 5) is 16.6. The van der Waals surface area contributed by atoms with Crippen molar-refractivity contribution < 1.29 is 14.3 Å². The molecule has 2 aromatic rings. The van der Waals surface area contributed by atoms with Gasteiger partial charge in [-0.3, -0.25) is 4.79 Å². The highest BCUT2D eigenvalue weighted by atomic mass is 32.1. The monoisotopic (exact) mass is 334 g/mol. The number of hydrogen-bond donors (Lipinski definition) is 1. The van der Waals surface area contributed by atoms with E-state index < -0.39 is 0 Å². The van der Waals surface area contributed by atoms with Gasteiger partial charge in [0.15, 0.2) is 16.6 Å². The molecule has 0 unspecified atom stereocenters. The average molecular weight is 334 g/mol. The maximum Gasteiger partial charge on any atom is 0.223 e. The van der Waals surface area contributed by atoms with Crippen LogP contribution in [0.15, 0.2) is 18.2 Å². The zero-order chi connectivity index (χ0) is 17.0. The molecular formula is C17H22N2O3S. The molecule has 0 aliphatic carbocycles. The third kappa shape index (κ3) is 4.45. The highest BCUT2D eigenvalue weighted by Crippen LogP contribution is 2.38. The van der Waals surface area contributed by atoms with E-state index in [-0.39, 0.29) is 5.91 Å². The summed E-state index contributed by atoms with van der Waals surface area (Å²) in [6.07, 6.45) is 0. The van der Waals surface area contributed by atoms with E-state index in [0.29, 0.717) is 29.2 Å². The summed E-state index contributed by atoms with van der Waals surface area (Å²) >= 11 is 1.45. The first-order chi connectivity index (χ1) is 10.9. The lowest BCUT2D eigenvalue weighted by Gasteiger charge is -2.13. The number of hydrogen-bond acceptors (Lipinski definition) is 5. The second-order valence-electron chi connectivity index (χ2n) is 5.69. The highest BCUT2D eigenvalue weighted by Gasteiger charge is 2.14. The number of benzene rings is 1. The molecule has 0 aliphatic rings. The van der Waals surface area contributed by atoms with Gasteiger partial charge in [-0.2, -0.15) is 0 Å². The number of methoxy groups -OCH3 is 1. The number of nitrogens with one attached hydrogen (secondary N) is 1. The normalized spacial score (nSPS) is 10.7. The predicted molar refractivity (Wildman–Crippen MR) is 93.5 cm³/mol. The first-order valence-electron chi connectivity index (χ1n) is 7.47. The Morgan fingerprint density at radius 1 is 1.35 bits per heavy atom. The van der Waals surface area contributed by atoms with Crippen molar-refractivity contribution in [3.63, 3.8) is 0 Å². The molecule has 1 aromatic heterocycles. The van der Waals surface area contributed by atoms with E-state index >= 15 is 0 Å². The summed E-state index contributed by atoms with van der Waals surface area (Å²) in [5.41, 5.74) is 1.87. The van der Waals surface area contributed by atoms with Gasteiger partial charge in [-0.15, -0.1) is 0 Å². The van der Waals surface area contributed by atoms with Crippen molar-refractivity contribution in [1.29, 1.82) is 0 Å². The van der Waals surface area contributed by atoms with E-state index in [2.05, 4.69) is 24.1 Å². The molecule has 0 atom stereocenters. The summed E-state index contributed by atoms with van der Waals surface area (Å²) in [5.74, 6) is 1.73. The fourth-order valence-corrected chi connectivity index (χ4v) is 3.06. The van der Waals surface area contributed by atoms with E-state index in [0.717, 1.165) is 16.1 Å². The second-order valence-corrected chi connectivity index (χ2v) is 6.68. The number of anilines is 1. The van der Waals surface area contributed by atoms with Crippen LogP contribution in [0.1, 0.15) is 26.5 Å². The molecule has 0 saturated heterocycles. The Morgan fingerprint density at radius 2 is 2.09 bits per heavy atom. The highest BCUT2D eigenvalue weighted by molar-refractivity contribution is 7.19. The third-order valence-electron chi connectivity index (χ3n) is 3.08. The van der Waals surface area contributed by atoms with Gasteiger partial charge >= 0.3 is 0 Å². The number of ether oxygens (including phenoxy) is 2. The molecule has 6 heteroatoms. The largest absolute Gasteiger partial charge is 0.493 e. The third-order valence-corrected chi connectivity index (χ3v) is 4.20. The predicted octanol–water partition coefficient (Wildman–Crippen LogP) is 4.12. The number of carbonyl (C=O) groups is 1. The van der Waals surface area contributed by atoms with E-state index in [1.807, 2.05) is 25.1 Å². The Morgan fingerprint density at radius 3 is 2.70 bits per heavy atom. The number of amides is 1. The van der Waals surface area contributed by atoms with Gasteiger partial charge in [0.05, 0.1) is 24.3 Å². The molecule has 0 saturated carbocycles. The number of aryl methyl sites for hydroxylation is 1. The van der Waals surface area contributed by atoms with Crippen molar-refractivity contribution >= 4 is 22.4 Å². The van der Waals surface area contributed by atoms with E-state index in [1.165, 1.54) is 18.3 Å². The molecule has 1 aromatic carbocycles. The lowest BCUT2D eigenvalue weighted by atomic mass is 10.1. The Labute approximate surface area is 140 Å². The molecule has 0 aliphatic heterocycles. The molecule has 2 rings (SSSR count). The molecule has 1 heterocycles. The quantitative estimate of drug-likeness (QED) is 0.863. The van der Waals surface area contributed by atoms with Crippen molar-refractivity contribution in [2.75, 3.05) is 19.0 Å². The van der Waals surface area contributed by atoms with Crippen LogP contribution in [0.3, 0.4) is 0 Å². The number of carbonyl (C=O) groups excluding carboxylic acids is 1. The standard InChI is InChI=1S/C17H22N2O3S/c1-10(2)9-22-15-8-13(6-7-14(15)21-5)16-11(3)18-17(23-16)19-12(4)20/h6-8,10H,9H2,1-5H3,(H,18,19,20). The number of nitrogens with zero attached hydrogens (tertiary/aromatic N) is 1. The van der Waals surface area contributed by atoms with Crippen LogP contribution in [-0.4, -0.2) is 24.6 Å². The molecule has 1 amide bonds. The number of aromatic nitrogens is 1. The smallest absolute Gasteiger partial charge is 0.223 e. The first kappa shape index (κ1) is 17.3. The number of thiazole rings is 1. The first-order valence-corrected chi connectivity index (χ1v) is 8.28. The maximum absolute atomic E-state index is 11.2. The molecule has 0 bridgehead atoms. The van der Waals surface area contributed by atoms with Gasteiger partial charge in [0.1, 0.15) is 0 Å². The molecule has 0 radical (unpaired) electrons. The van der Waals surface area contributed by atoms with E-state index in [4.69, 9.17) is 9.47 Å². The minimum Gasteiger partial charge on any atom is -0.493 e. The van der Waals surface area contributed by atoms with Crippen molar-refractivity contribution in [3.05, 3.63) is 23.9 Å². The van der Waals surface area contributed by atoms with Gasteiger partial charge in [0, 0.05) is 6.92 Å². The lowest BCUT2D eigenvalue weighted by molar-refractivity contribution is -0.114. The van der Waals surface area contributed by atoms with Gasteiger partial charge in [0.2, 0.25) is 5.91 Å². The minimum absolute atomic E-state index is 0.124. The van der Waals surface area contributed by atoms with E-state index in [9.17, 15) is 4.79 Å². The van der Waals surface area contributed by atoms with Gasteiger partial charge < -0.3 is 14.8 Å². The summed E-state index contributed by atoms with van der Waals surface area (Å²) in [7, 11) is 1.63. The zero-order valence-electron chi connectivity index (χ0n) is 14.1. The van der Waals surface area contributed by atoms with Gasteiger partial charge in [-0.25, -0.2) is 4.98 Å².